The fraction of sp³-hybridized carbons (Fsp3) is 0.448. The lowest BCUT2D eigenvalue weighted by molar-refractivity contribution is -0.254. The van der Waals surface area contributed by atoms with Crippen LogP contribution in [0, 0.1) is 0 Å². The second-order valence-corrected chi connectivity index (χ2v) is 10.3. The van der Waals surface area contributed by atoms with E-state index in [1.807, 2.05) is 18.2 Å². The summed E-state index contributed by atoms with van der Waals surface area (Å²) in [6.07, 6.45) is -5.62. The molecule has 0 radical (unpaired) electrons. The molecule has 214 valence electrons. The Labute approximate surface area is 237 Å². The average Bonchev–Trinajstić information content (AvgIpc) is 3.28. The van der Waals surface area contributed by atoms with Crippen molar-refractivity contribution in [3.8, 4) is 0 Å². The molecule has 2 aliphatic heterocycles. The summed E-state index contributed by atoms with van der Waals surface area (Å²) in [4.78, 5) is 50.1. The summed E-state index contributed by atoms with van der Waals surface area (Å²) in [7, 11) is 0. The van der Waals surface area contributed by atoms with Gasteiger partial charge in [-0.3, -0.25) is 24.1 Å². The van der Waals surface area contributed by atoms with Crippen LogP contribution < -0.4 is 0 Å². The molecule has 0 aromatic heterocycles. The van der Waals surface area contributed by atoms with Gasteiger partial charge in [0.25, 0.3) is 0 Å². The molecule has 2 aromatic rings. The predicted molar refractivity (Wildman–Crippen MR) is 142 cm³/mol. The first kappa shape index (κ1) is 29.5. The van der Waals surface area contributed by atoms with Gasteiger partial charge in [-0.2, -0.15) is 0 Å². The molecule has 11 heteroatoms. The topological polar surface area (TPSA) is 118 Å². The Bertz CT molecular complexity index is 1260. The van der Waals surface area contributed by atoms with E-state index in [2.05, 4.69) is 17.0 Å². The number of ether oxygens (including phenoxy) is 5. The normalized spacial score (nSPS) is 24.1. The van der Waals surface area contributed by atoms with Crippen LogP contribution in [-0.4, -0.2) is 59.8 Å². The zero-order valence-electron chi connectivity index (χ0n) is 22.8. The highest BCUT2D eigenvalue weighted by molar-refractivity contribution is 6.31. The van der Waals surface area contributed by atoms with Gasteiger partial charge < -0.3 is 23.7 Å². The number of benzene rings is 2. The zero-order chi connectivity index (χ0) is 29.0. The second-order valence-electron chi connectivity index (χ2n) is 9.88. The summed E-state index contributed by atoms with van der Waals surface area (Å²) in [5.41, 5.74) is 3.93. The number of rotatable bonds is 8. The van der Waals surface area contributed by atoms with Gasteiger partial charge in [0, 0.05) is 52.4 Å². The monoisotopic (exact) mass is 573 g/mol. The molecular weight excluding hydrogens is 542 g/mol. The maximum absolute atomic E-state index is 12.2. The lowest BCUT2D eigenvalue weighted by atomic mass is 9.89. The van der Waals surface area contributed by atoms with E-state index in [-0.39, 0.29) is 6.61 Å². The SMILES string of the molecule is CC(=O)OC[C@H]1O[C@@H](c2ccc(Cl)c(CN3Cc4ccccc4C3)c2)[C@H](OC(C)=O)[C@@H](OC(C)=O)[C@@H]1OC(C)=O. The molecule has 2 heterocycles. The van der Waals surface area contributed by atoms with Gasteiger partial charge in [0.2, 0.25) is 0 Å². The maximum Gasteiger partial charge on any atom is 0.303 e. The molecule has 2 aromatic carbocycles. The molecule has 0 unspecified atom stereocenters. The average molecular weight is 574 g/mol. The Morgan fingerprint density at radius 1 is 0.825 bits per heavy atom. The van der Waals surface area contributed by atoms with Crippen LogP contribution in [0.4, 0.5) is 0 Å². The highest BCUT2D eigenvalue weighted by Gasteiger charge is 2.52. The first-order valence-corrected chi connectivity index (χ1v) is 13.3. The van der Waals surface area contributed by atoms with Crippen LogP contribution in [0.15, 0.2) is 42.5 Å². The maximum atomic E-state index is 12.2. The fourth-order valence-corrected chi connectivity index (χ4v) is 5.32. The van der Waals surface area contributed by atoms with Crippen molar-refractivity contribution >= 4 is 35.5 Å². The van der Waals surface area contributed by atoms with Gasteiger partial charge in [-0.05, 0) is 28.3 Å². The Morgan fingerprint density at radius 3 is 1.98 bits per heavy atom. The largest absolute Gasteiger partial charge is 0.463 e. The smallest absolute Gasteiger partial charge is 0.303 e. The molecule has 0 aliphatic carbocycles. The van der Waals surface area contributed by atoms with Gasteiger partial charge in [-0.25, -0.2) is 0 Å². The van der Waals surface area contributed by atoms with Crippen LogP contribution in [0.5, 0.6) is 0 Å². The van der Waals surface area contributed by atoms with Gasteiger partial charge in [-0.1, -0.05) is 48.0 Å². The number of esters is 4. The molecule has 0 spiro atoms. The standard InChI is InChI=1S/C29H32ClNO9/c1-16(32)36-15-25-27(37-17(2)33)29(39-19(4)35)28(38-18(3)34)26(40-25)20-9-10-24(30)23(11-20)14-31-12-21-7-5-6-8-22(21)13-31/h5-11,25-29H,12-15H2,1-4H3/t25-,26+,27-,28+,29+/m1/s1. The molecule has 4 rings (SSSR count). The van der Waals surface area contributed by atoms with Crippen LogP contribution in [0.2, 0.25) is 5.02 Å². The van der Waals surface area contributed by atoms with E-state index in [0.717, 1.165) is 18.7 Å². The van der Waals surface area contributed by atoms with Gasteiger partial charge in [0.15, 0.2) is 18.3 Å². The number of carbonyl (C=O) groups is 4. The van der Waals surface area contributed by atoms with Crippen LogP contribution in [-0.2, 0) is 62.5 Å². The van der Waals surface area contributed by atoms with Crippen molar-refractivity contribution in [3.63, 3.8) is 0 Å². The number of hydrogen-bond donors (Lipinski definition) is 0. The third kappa shape index (κ3) is 7.18. The van der Waals surface area contributed by atoms with Gasteiger partial charge >= 0.3 is 23.9 Å². The summed E-state index contributed by atoms with van der Waals surface area (Å²) >= 11 is 6.60. The summed E-state index contributed by atoms with van der Waals surface area (Å²) in [6.45, 7) is 6.62. The van der Waals surface area contributed by atoms with E-state index in [0.29, 0.717) is 17.1 Å². The molecule has 1 fully saturated rings. The quantitative estimate of drug-likeness (QED) is 0.342. The highest BCUT2D eigenvalue weighted by Crippen LogP contribution is 2.39. The summed E-state index contributed by atoms with van der Waals surface area (Å²) in [6, 6.07) is 13.5. The third-order valence-electron chi connectivity index (χ3n) is 6.69. The van der Waals surface area contributed by atoms with Crippen molar-refractivity contribution < 1.29 is 42.9 Å². The van der Waals surface area contributed by atoms with E-state index in [9.17, 15) is 19.2 Å². The molecule has 40 heavy (non-hydrogen) atoms. The number of halogens is 1. The number of nitrogens with zero attached hydrogens (tertiary/aromatic N) is 1. The van der Waals surface area contributed by atoms with Crippen molar-refractivity contribution in [3.05, 3.63) is 69.7 Å². The predicted octanol–water partition coefficient (Wildman–Crippen LogP) is 3.65. The first-order chi connectivity index (χ1) is 19.0. The van der Waals surface area contributed by atoms with Crippen molar-refractivity contribution in [1.82, 2.24) is 4.90 Å². The van der Waals surface area contributed by atoms with Crippen LogP contribution in [0.1, 0.15) is 56.1 Å². The van der Waals surface area contributed by atoms with E-state index in [1.54, 1.807) is 12.1 Å². The minimum absolute atomic E-state index is 0.291. The second kappa shape index (κ2) is 12.8. The zero-order valence-corrected chi connectivity index (χ0v) is 23.5. The Hall–Kier alpha value is -3.47. The fourth-order valence-electron chi connectivity index (χ4n) is 5.15. The third-order valence-corrected chi connectivity index (χ3v) is 7.06. The molecule has 2 aliphatic rings. The van der Waals surface area contributed by atoms with Gasteiger partial charge in [0.05, 0.1) is 0 Å². The molecule has 1 saturated heterocycles. The van der Waals surface area contributed by atoms with Crippen molar-refractivity contribution in [2.45, 2.75) is 77.8 Å². The number of fused-ring (bicyclic) bond motifs is 1. The molecule has 10 nitrogen and oxygen atoms in total. The summed E-state index contributed by atoms with van der Waals surface area (Å²) in [5.74, 6) is -2.59. The first-order valence-electron chi connectivity index (χ1n) is 12.9. The number of carbonyl (C=O) groups excluding carboxylic acids is 4. The van der Waals surface area contributed by atoms with Crippen molar-refractivity contribution in [2.75, 3.05) is 6.61 Å². The van der Waals surface area contributed by atoms with Gasteiger partial charge in [-0.15, -0.1) is 0 Å². The van der Waals surface area contributed by atoms with E-state index >= 15 is 0 Å². The molecular formula is C29H32ClNO9. The Kier molecular flexibility index (Phi) is 9.44. The molecule has 0 N–H and O–H groups in total. The van der Waals surface area contributed by atoms with Crippen LogP contribution in [0.25, 0.3) is 0 Å². The minimum atomic E-state index is -1.24. The van der Waals surface area contributed by atoms with E-state index < -0.39 is 54.4 Å². The molecule has 5 atom stereocenters. The minimum Gasteiger partial charge on any atom is -0.463 e. The van der Waals surface area contributed by atoms with Crippen molar-refractivity contribution in [1.29, 1.82) is 0 Å². The Morgan fingerprint density at radius 2 is 1.40 bits per heavy atom. The van der Waals surface area contributed by atoms with E-state index in [4.69, 9.17) is 35.3 Å². The van der Waals surface area contributed by atoms with Gasteiger partial charge in [0.1, 0.15) is 18.8 Å². The Balaban J connectivity index is 1.69. The molecule has 0 amide bonds. The highest BCUT2D eigenvalue weighted by atomic mass is 35.5. The molecule has 0 saturated carbocycles. The number of hydrogen-bond acceptors (Lipinski definition) is 10. The summed E-state index contributed by atoms with van der Waals surface area (Å²) < 4.78 is 28.1. The lowest BCUT2D eigenvalue weighted by Crippen LogP contribution is -2.59. The lowest BCUT2D eigenvalue weighted by Gasteiger charge is -2.44. The van der Waals surface area contributed by atoms with Crippen LogP contribution in [0.3, 0.4) is 0 Å². The summed E-state index contributed by atoms with van der Waals surface area (Å²) in [5, 5.41) is 0.547. The molecule has 0 bridgehead atoms. The van der Waals surface area contributed by atoms with Crippen molar-refractivity contribution in [2.24, 2.45) is 0 Å². The van der Waals surface area contributed by atoms with Crippen LogP contribution >= 0.6 is 11.6 Å². The van der Waals surface area contributed by atoms with E-state index in [1.165, 1.54) is 38.8 Å².